The van der Waals surface area contributed by atoms with Gasteiger partial charge in [0.2, 0.25) is 0 Å². The first kappa shape index (κ1) is 23.4. The van der Waals surface area contributed by atoms with Crippen LogP contribution in [0.15, 0.2) is 41.7 Å². The molecule has 10 heteroatoms. The fourth-order valence-electron chi connectivity index (χ4n) is 3.78. The maximum atomic E-state index is 6.20. The number of rotatable bonds is 8. The Balaban J connectivity index is 1.52. The van der Waals surface area contributed by atoms with E-state index < -0.39 is 0 Å². The number of nitrogens with zero attached hydrogens (tertiary/aromatic N) is 4. The number of likely N-dealkylation sites (tertiary alicyclic amines) is 1. The predicted octanol–water partition coefficient (Wildman–Crippen LogP) is 4.87. The number of aromatic nitrogens is 2. The van der Waals surface area contributed by atoms with E-state index in [2.05, 4.69) is 25.2 Å². The van der Waals surface area contributed by atoms with Crippen LogP contribution in [0.3, 0.4) is 0 Å². The number of methoxy groups -OCH3 is 1. The maximum Gasteiger partial charge on any atom is 0.199 e. The van der Waals surface area contributed by atoms with E-state index in [1.807, 2.05) is 6.07 Å². The van der Waals surface area contributed by atoms with Crippen molar-refractivity contribution < 1.29 is 9.47 Å². The Morgan fingerprint density at radius 2 is 1.91 bits per heavy atom. The monoisotopic (exact) mass is 488 g/mol. The van der Waals surface area contributed by atoms with Gasteiger partial charge in [0.05, 0.1) is 35.0 Å². The molecule has 2 heterocycles. The Hall–Kier alpha value is -2.81. The number of para-hydroxylation sites is 1. The van der Waals surface area contributed by atoms with Gasteiger partial charge in [0, 0.05) is 18.0 Å². The summed E-state index contributed by atoms with van der Waals surface area (Å²) in [4.78, 5) is 15.5. The standard InChI is InChI=1S/C23H26Cl2N6O2/c1-32-19-12-15-18(13-20(19)33-11-5-10-31-8-2-3-9-31)27-14-28-22(15)30-23(26)29-21-16(24)6-4-7-17(21)25/h4,6-7,12-14H,2-3,5,8-11H2,1H3,(H3,26,27,28,29,30). The van der Waals surface area contributed by atoms with Gasteiger partial charge >= 0.3 is 0 Å². The quantitative estimate of drug-likeness (QED) is 0.265. The van der Waals surface area contributed by atoms with Gasteiger partial charge in [0.1, 0.15) is 6.33 Å². The largest absolute Gasteiger partial charge is 0.493 e. The molecule has 0 saturated carbocycles. The summed E-state index contributed by atoms with van der Waals surface area (Å²) in [5.74, 6) is 1.68. The second-order valence-electron chi connectivity index (χ2n) is 7.69. The third-order valence-electron chi connectivity index (χ3n) is 5.42. The van der Waals surface area contributed by atoms with E-state index in [0.717, 1.165) is 13.0 Å². The molecule has 0 unspecified atom stereocenters. The summed E-state index contributed by atoms with van der Waals surface area (Å²) < 4.78 is 11.6. The zero-order valence-corrected chi connectivity index (χ0v) is 19.9. The smallest absolute Gasteiger partial charge is 0.199 e. The third-order valence-corrected chi connectivity index (χ3v) is 6.05. The van der Waals surface area contributed by atoms with Gasteiger partial charge in [-0.05, 0) is 50.6 Å². The van der Waals surface area contributed by atoms with Gasteiger partial charge < -0.3 is 25.4 Å². The van der Waals surface area contributed by atoms with E-state index in [1.165, 1.54) is 32.3 Å². The van der Waals surface area contributed by atoms with Crippen LogP contribution in [-0.4, -0.2) is 54.2 Å². The Labute approximate surface area is 202 Å². The van der Waals surface area contributed by atoms with E-state index >= 15 is 0 Å². The molecule has 0 atom stereocenters. The zero-order valence-electron chi connectivity index (χ0n) is 18.4. The van der Waals surface area contributed by atoms with Gasteiger partial charge in [-0.1, -0.05) is 29.3 Å². The molecule has 1 aliphatic heterocycles. The normalized spacial score (nSPS) is 14.6. The summed E-state index contributed by atoms with van der Waals surface area (Å²) in [5, 5.41) is 4.47. The number of hydrogen-bond donors (Lipinski definition) is 2. The van der Waals surface area contributed by atoms with Crippen LogP contribution in [0.1, 0.15) is 19.3 Å². The summed E-state index contributed by atoms with van der Waals surface area (Å²) in [6.45, 7) is 4.00. The molecule has 8 nitrogen and oxygen atoms in total. The molecule has 0 aliphatic carbocycles. The SMILES string of the molecule is COc1cc2c(N=C(N)Nc3c(Cl)cccc3Cl)ncnc2cc1OCCCN1CCCC1. The molecule has 0 bridgehead atoms. The lowest BCUT2D eigenvalue weighted by atomic mass is 10.2. The highest BCUT2D eigenvalue weighted by atomic mass is 35.5. The minimum absolute atomic E-state index is 0.0891. The number of nitrogens with one attached hydrogen (secondary N) is 1. The topological polar surface area (TPSA) is 97.9 Å². The second-order valence-corrected chi connectivity index (χ2v) is 8.50. The van der Waals surface area contributed by atoms with Crippen LogP contribution in [0.4, 0.5) is 11.5 Å². The fourth-order valence-corrected chi connectivity index (χ4v) is 4.27. The number of guanidine groups is 1. The van der Waals surface area contributed by atoms with Crippen molar-refractivity contribution in [2.75, 3.05) is 38.7 Å². The Bertz CT molecular complexity index is 1130. The van der Waals surface area contributed by atoms with Crippen molar-refractivity contribution in [2.45, 2.75) is 19.3 Å². The highest BCUT2D eigenvalue weighted by Gasteiger charge is 2.14. The first-order chi connectivity index (χ1) is 16.0. The minimum atomic E-state index is 0.0891. The number of halogens is 2. The highest BCUT2D eigenvalue weighted by Crippen LogP contribution is 2.35. The molecular formula is C23H26Cl2N6O2. The molecule has 33 heavy (non-hydrogen) atoms. The summed E-state index contributed by atoms with van der Waals surface area (Å²) in [7, 11) is 1.60. The Kier molecular flexibility index (Phi) is 7.69. The number of hydrogen-bond acceptors (Lipinski definition) is 6. The summed E-state index contributed by atoms with van der Waals surface area (Å²) >= 11 is 12.4. The highest BCUT2D eigenvalue weighted by molar-refractivity contribution is 6.39. The van der Waals surface area contributed by atoms with E-state index in [-0.39, 0.29) is 5.96 Å². The number of aliphatic imine (C=N–C) groups is 1. The lowest BCUT2D eigenvalue weighted by Crippen LogP contribution is -2.22. The maximum absolute atomic E-state index is 6.20. The molecule has 2 aromatic carbocycles. The molecule has 1 fully saturated rings. The molecular weight excluding hydrogens is 463 g/mol. The molecule has 4 rings (SSSR count). The predicted molar refractivity (Wildman–Crippen MR) is 133 cm³/mol. The van der Waals surface area contributed by atoms with Crippen molar-refractivity contribution >= 4 is 51.6 Å². The van der Waals surface area contributed by atoms with Crippen LogP contribution in [0.25, 0.3) is 10.9 Å². The number of nitrogens with two attached hydrogens (primary N) is 1. The molecule has 174 valence electrons. The zero-order chi connectivity index (χ0) is 23.2. The van der Waals surface area contributed by atoms with Crippen LogP contribution in [-0.2, 0) is 0 Å². The molecule has 0 amide bonds. The third kappa shape index (κ3) is 5.76. The van der Waals surface area contributed by atoms with Crippen molar-refractivity contribution in [3.63, 3.8) is 0 Å². The van der Waals surface area contributed by atoms with E-state index in [0.29, 0.717) is 50.6 Å². The molecule has 3 N–H and O–H groups in total. The molecule has 1 aromatic heterocycles. The van der Waals surface area contributed by atoms with Gasteiger partial charge in [0.25, 0.3) is 0 Å². The van der Waals surface area contributed by atoms with Crippen LogP contribution in [0, 0.1) is 0 Å². The first-order valence-electron chi connectivity index (χ1n) is 10.8. The number of fused-ring (bicyclic) bond motifs is 1. The second kappa shape index (κ2) is 10.9. The van der Waals surface area contributed by atoms with Crippen LogP contribution in [0.2, 0.25) is 10.0 Å². The molecule has 1 aliphatic rings. The fraction of sp³-hybridized carbons (Fsp3) is 0.348. The minimum Gasteiger partial charge on any atom is -0.493 e. The van der Waals surface area contributed by atoms with Gasteiger partial charge in [0.15, 0.2) is 23.3 Å². The lowest BCUT2D eigenvalue weighted by molar-refractivity contribution is 0.254. The van der Waals surface area contributed by atoms with Crippen molar-refractivity contribution in [1.29, 1.82) is 0 Å². The molecule has 0 spiro atoms. The van der Waals surface area contributed by atoms with Crippen LogP contribution in [0.5, 0.6) is 11.5 Å². The molecule has 3 aromatic rings. The van der Waals surface area contributed by atoms with Gasteiger partial charge in [-0.3, -0.25) is 0 Å². The Morgan fingerprint density at radius 3 is 2.64 bits per heavy atom. The first-order valence-corrected chi connectivity index (χ1v) is 11.5. The summed E-state index contributed by atoms with van der Waals surface area (Å²) in [6, 6.07) is 8.81. The van der Waals surface area contributed by atoms with Crippen LogP contribution >= 0.6 is 23.2 Å². The van der Waals surface area contributed by atoms with Gasteiger partial charge in [-0.25, -0.2) is 9.97 Å². The van der Waals surface area contributed by atoms with Crippen molar-refractivity contribution in [3.05, 3.63) is 46.7 Å². The summed E-state index contributed by atoms with van der Waals surface area (Å²) in [5.41, 5.74) is 7.24. The number of ether oxygens (including phenoxy) is 2. The van der Waals surface area contributed by atoms with Gasteiger partial charge in [-0.2, -0.15) is 4.99 Å². The lowest BCUT2D eigenvalue weighted by Gasteiger charge is -2.16. The average Bonchev–Trinajstić information content (AvgIpc) is 3.32. The van der Waals surface area contributed by atoms with Crippen LogP contribution < -0.4 is 20.5 Å². The molecule has 0 radical (unpaired) electrons. The number of benzene rings is 2. The number of anilines is 1. The molecule has 1 saturated heterocycles. The van der Waals surface area contributed by atoms with Crippen molar-refractivity contribution in [3.8, 4) is 11.5 Å². The Morgan fingerprint density at radius 1 is 1.15 bits per heavy atom. The van der Waals surface area contributed by atoms with E-state index in [9.17, 15) is 0 Å². The summed E-state index contributed by atoms with van der Waals surface area (Å²) in [6.07, 6.45) is 4.96. The average molecular weight is 489 g/mol. The van der Waals surface area contributed by atoms with Crippen molar-refractivity contribution in [2.24, 2.45) is 10.7 Å². The van der Waals surface area contributed by atoms with E-state index in [1.54, 1.807) is 31.4 Å². The van der Waals surface area contributed by atoms with E-state index in [4.69, 9.17) is 38.4 Å². The van der Waals surface area contributed by atoms with Gasteiger partial charge in [-0.15, -0.1) is 0 Å². The van der Waals surface area contributed by atoms with Crippen molar-refractivity contribution in [1.82, 2.24) is 14.9 Å².